The summed E-state index contributed by atoms with van der Waals surface area (Å²) in [6.45, 7) is 4.65. The van der Waals surface area contributed by atoms with Gasteiger partial charge in [0.25, 0.3) is 5.91 Å². The molecule has 2 heterocycles. The lowest BCUT2D eigenvalue weighted by molar-refractivity contribution is -0.141. The number of fused-ring (bicyclic) bond motifs is 3. The summed E-state index contributed by atoms with van der Waals surface area (Å²) in [5.74, 6) is -0.391. The van der Waals surface area contributed by atoms with Crippen molar-refractivity contribution >= 4 is 22.8 Å². The molecule has 1 aliphatic rings. The zero-order valence-electron chi connectivity index (χ0n) is 12.5. The fraction of sp³-hybridized carbons (Fsp3) is 0.294. The molecule has 1 aromatic heterocycles. The second kappa shape index (κ2) is 5.67. The molecule has 1 amide bonds. The van der Waals surface area contributed by atoms with Gasteiger partial charge < -0.3 is 14.6 Å². The van der Waals surface area contributed by atoms with Gasteiger partial charge in [-0.05, 0) is 11.6 Å². The third-order valence-corrected chi connectivity index (χ3v) is 4.09. The first kappa shape index (κ1) is 14.4. The Balaban J connectivity index is 2.11. The Morgan fingerprint density at radius 3 is 3.00 bits per heavy atom. The number of aromatic nitrogens is 1. The average Bonchev–Trinajstić information content (AvgIpc) is 2.92. The number of nitrogens with zero attached hydrogens (tertiary/aromatic N) is 1. The molecule has 0 radical (unpaired) electrons. The van der Waals surface area contributed by atoms with E-state index in [9.17, 15) is 9.59 Å². The molecule has 114 valence electrons. The molecule has 1 unspecified atom stereocenters. The number of rotatable bonds is 4. The molecular formula is C17H18N2O3. The molecule has 1 aromatic carbocycles. The zero-order chi connectivity index (χ0) is 15.7. The van der Waals surface area contributed by atoms with Gasteiger partial charge in [-0.2, -0.15) is 0 Å². The van der Waals surface area contributed by atoms with E-state index >= 15 is 0 Å². The highest BCUT2D eigenvalue weighted by Crippen LogP contribution is 2.36. The number of hydrogen-bond donors (Lipinski definition) is 1. The summed E-state index contributed by atoms with van der Waals surface area (Å²) in [5, 5.41) is 0.998. The van der Waals surface area contributed by atoms with Crippen LogP contribution in [-0.4, -0.2) is 42.0 Å². The second-order valence-corrected chi connectivity index (χ2v) is 5.44. The van der Waals surface area contributed by atoms with Crippen LogP contribution in [0.3, 0.4) is 0 Å². The molecule has 0 aliphatic carbocycles. The summed E-state index contributed by atoms with van der Waals surface area (Å²) >= 11 is 0. The van der Waals surface area contributed by atoms with Crippen molar-refractivity contribution < 1.29 is 14.3 Å². The number of aromatic amines is 1. The molecule has 0 bridgehead atoms. The molecule has 22 heavy (non-hydrogen) atoms. The number of hydrogen-bond acceptors (Lipinski definition) is 3. The van der Waals surface area contributed by atoms with Gasteiger partial charge in [0.1, 0.15) is 5.69 Å². The van der Waals surface area contributed by atoms with E-state index in [1.807, 2.05) is 24.3 Å². The summed E-state index contributed by atoms with van der Waals surface area (Å²) < 4.78 is 4.81. The molecule has 1 atom stereocenters. The number of methoxy groups -OCH3 is 1. The van der Waals surface area contributed by atoms with E-state index in [0.29, 0.717) is 18.8 Å². The molecule has 5 heteroatoms. The number of para-hydroxylation sites is 1. The highest BCUT2D eigenvalue weighted by atomic mass is 16.5. The van der Waals surface area contributed by atoms with Gasteiger partial charge in [0.15, 0.2) is 0 Å². The van der Waals surface area contributed by atoms with E-state index in [-0.39, 0.29) is 24.2 Å². The van der Waals surface area contributed by atoms with Crippen LogP contribution < -0.4 is 0 Å². The third-order valence-electron chi connectivity index (χ3n) is 4.09. The number of carbonyl (C=O) groups excluding carboxylic acids is 2. The predicted octanol–water partition coefficient (Wildman–Crippen LogP) is 2.46. The first-order chi connectivity index (χ1) is 10.7. The smallest absolute Gasteiger partial charge is 0.306 e. The fourth-order valence-electron chi connectivity index (χ4n) is 3.12. The van der Waals surface area contributed by atoms with Crippen LogP contribution in [0.1, 0.15) is 28.4 Å². The first-order valence-corrected chi connectivity index (χ1v) is 7.23. The lowest BCUT2D eigenvalue weighted by atomic mass is 9.89. The molecule has 0 saturated carbocycles. The number of esters is 1. The van der Waals surface area contributed by atoms with Crippen LogP contribution in [-0.2, 0) is 9.53 Å². The van der Waals surface area contributed by atoms with Crippen LogP contribution >= 0.6 is 0 Å². The predicted molar refractivity (Wildman–Crippen MR) is 83.8 cm³/mol. The van der Waals surface area contributed by atoms with E-state index in [0.717, 1.165) is 16.5 Å². The fourth-order valence-corrected chi connectivity index (χ4v) is 3.12. The molecule has 3 rings (SSSR count). The van der Waals surface area contributed by atoms with E-state index < -0.39 is 0 Å². The Hall–Kier alpha value is -2.56. The maximum atomic E-state index is 12.6. The van der Waals surface area contributed by atoms with Gasteiger partial charge in [-0.1, -0.05) is 24.3 Å². The molecule has 0 spiro atoms. The largest absolute Gasteiger partial charge is 0.469 e. The Kier molecular flexibility index (Phi) is 3.71. The SMILES string of the molecule is C=CCN1CC(CC(=O)OC)c2c([nH]c3ccccc23)C1=O. The van der Waals surface area contributed by atoms with Gasteiger partial charge in [0.05, 0.1) is 13.5 Å². The number of H-pyrrole nitrogens is 1. The van der Waals surface area contributed by atoms with Crippen LogP contribution in [0.15, 0.2) is 36.9 Å². The Morgan fingerprint density at radius 1 is 1.50 bits per heavy atom. The topological polar surface area (TPSA) is 62.4 Å². The first-order valence-electron chi connectivity index (χ1n) is 7.23. The van der Waals surface area contributed by atoms with Crippen molar-refractivity contribution in [3.05, 3.63) is 48.2 Å². The van der Waals surface area contributed by atoms with Gasteiger partial charge in [-0.25, -0.2) is 0 Å². The molecule has 0 saturated heterocycles. The summed E-state index contributed by atoms with van der Waals surface area (Å²) in [6.07, 6.45) is 1.95. The van der Waals surface area contributed by atoms with Crippen molar-refractivity contribution in [3.63, 3.8) is 0 Å². The zero-order valence-corrected chi connectivity index (χ0v) is 12.5. The van der Waals surface area contributed by atoms with Gasteiger partial charge in [-0.3, -0.25) is 9.59 Å². The van der Waals surface area contributed by atoms with Crippen LogP contribution in [0, 0.1) is 0 Å². The van der Waals surface area contributed by atoms with Gasteiger partial charge >= 0.3 is 5.97 Å². The minimum Gasteiger partial charge on any atom is -0.469 e. The van der Waals surface area contributed by atoms with Gasteiger partial charge in [0.2, 0.25) is 0 Å². The second-order valence-electron chi connectivity index (χ2n) is 5.44. The number of benzene rings is 1. The number of amides is 1. The van der Waals surface area contributed by atoms with Crippen molar-refractivity contribution in [1.29, 1.82) is 0 Å². The monoisotopic (exact) mass is 298 g/mol. The molecular weight excluding hydrogens is 280 g/mol. The third kappa shape index (κ3) is 2.28. The summed E-state index contributed by atoms with van der Waals surface area (Å²) in [6, 6.07) is 7.77. The Bertz CT molecular complexity index is 747. The van der Waals surface area contributed by atoms with Crippen molar-refractivity contribution in [1.82, 2.24) is 9.88 Å². The minimum atomic E-state index is -0.269. The molecule has 2 aromatic rings. The highest BCUT2D eigenvalue weighted by Gasteiger charge is 2.35. The van der Waals surface area contributed by atoms with Crippen LogP contribution in [0.5, 0.6) is 0 Å². The molecule has 0 fully saturated rings. The van der Waals surface area contributed by atoms with Gasteiger partial charge in [-0.15, -0.1) is 6.58 Å². The van der Waals surface area contributed by atoms with Crippen LogP contribution in [0.4, 0.5) is 0 Å². The van der Waals surface area contributed by atoms with E-state index in [4.69, 9.17) is 4.74 Å². The summed E-state index contributed by atoms with van der Waals surface area (Å²) in [5.41, 5.74) is 2.41. The van der Waals surface area contributed by atoms with Crippen molar-refractivity contribution in [2.45, 2.75) is 12.3 Å². The summed E-state index contributed by atoms with van der Waals surface area (Å²) in [7, 11) is 1.38. The number of ether oxygens (including phenoxy) is 1. The average molecular weight is 298 g/mol. The molecule has 1 N–H and O–H groups in total. The van der Waals surface area contributed by atoms with E-state index in [1.54, 1.807) is 11.0 Å². The van der Waals surface area contributed by atoms with Crippen molar-refractivity contribution in [2.24, 2.45) is 0 Å². The lowest BCUT2D eigenvalue weighted by Gasteiger charge is -2.31. The Morgan fingerprint density at radius 2 is 2.27 bits per heavy atom. The normalized spacial score (nSPS) is 17.4. The van der Waals surface area contributed by atoms with Crippen LogP contribution in [0.25, 0.3) is 10.9 Å². The lowest BCUT2D eigenvalue weighted by Crippen LogP contribution is -2.40. The van der Waals surface area contributed by atoms with E-state index in [2.05, 4.69) is 11.6 Å². The quantitative estimate of drug-likeness (QED) is 0.696. The Labute approximate surface area is 128 Å². The summed E-state index contributed by atoms with van der Waals surface area (Å²) in [4.78, 5) is 29.3. The molecule has 1 aliphatic heterocycles. The molecule has 5 nitrogen and oxygen atoms in total. The standard InChI is InChI=1S/C17H18N2O3/c1-3-8-19-10-11(9-14(20)22-2)15-12-6-4-5-7-13(12)18-16(15)17(19)21/h3-7,11,18H,1,8-10H2,2H3. The maximum Gasteiger partial charge on any atom is 0.306 e. The maximum absolute atomic E-state index is 12.6. The minimum absolute atomic E-state index is 0.0489. The van der Waals surface area contributed by atoms with Crippen molar-refractivity contribution in [3.8, 4) is 0 Å². The highest BCUT2D eigenvalue weighted by molar-refractivity contribution is 6.03. The number of carbonyl (C=O) groups is 2. The van der Waals surface area contributed by atoms with Crippen LogP contribution in [0.2, 0.25) is 0 Å². The van der Waals surface area contributed by atoms with E-state index in [1.165, 1.54) is 7.11 Å². The van der Waals surface area contributed by atoms with Gasteiger partial charge in [0, 0.05) is 29.9 Å². The number of nitrogens with one attached hydrogen (secondary N) is 1. The van der Waals surface area contributed by atoms with Crippen molar-refractivity contribution in [2.75, 3.05) is 20.2 Å².